The minimum atomic E-state index is -0.0511. The van der Waals surface area contributed by atoms with E-state index in [2.05, 4.69) is 20.2 Å². The highest BCUT2D eigenvalue weighted by atomic mass is 16.5. The standard InChI is InChI=1S/C22H30N4O2/c27-21(15-9-23-20(24-10-15)14-5-6-14)25-11-17-18-12-26(16-3-1-2-4-16)13-22(18)8-7-19(17)28-22/h9-10,14,16-19H,1-8,11-13H2,(H,25,27)/t17-,18+,19+,22+/m0/s1. The Morgan fingerprint density at radius 1 is 1.18 bits per heavy atom. The Labute approximate surface area is 166 Å². The van der Waals surface area contributed by atoms with Crippen molar-refractivity contribution in [3.8, 4) is 0 Å². The van der Waals surface area contributed by atoms with Gasteiger partial charge in [-0.2, -0.15) is 0 Å². The van der Waals surface area contributed by atoms with Gasteiger partial charge in [0.1, 0.15) is 5.82 Å². The Morgan fingerprint density at radius 3 is 2.71 bits per heavy atom. The molecule has 1 amide bonds. The highest BCUT2D eigenvalue weighted by Gasteiger charge is 2.63. The van der Waals surface area contributed by atoms with E-state index in [0.717, 1.165) is 31.4 Å². The smallest absolute Gasteiger partial charge is 0.254 e. The second-order valence-corrected chi connectivity index (χ2v) is 9.71. The monoisotopic (exact) mass is 382 g/mol. The summed E-state index contributed by atoms with van der Waals surface area (Å²) in [5.41, 5.74) is 0.639. The number of amides is 1. The Kier molecular flexibility index (Phi) is 4.02. The molecule has 150 valence electrons. The number of ether oxygens (including phenoxy) is 1. The van der Waals surface area contributed by atoms with E-state index < -0.39 is 0 Å². The first-order valence-electron chi connectivity index (χ1n) is 11.2. The lowest BCUT2D eigenvalue weighted by atomic mass is 9.73. The normalized spacial score (nSPS) is 37.5. The van der Waals surface area contributed by atoms with Gasteiger partial charge in [0.15, 0.2) is 0 Å². The number of hydrogen-bond donors (Lipinski definition) is 1. The molecule has 1 aromatic rings. The molecule has 2 bridgehead atoms. The number of rotatable bonds is 5. The molecule has 2 saturated carbocycles. The van der Waals surface area contributed by atoms with E-state index in [9.17, 15) is 4.79 Å². The van der Waals surface area contributed by atoms with E-state index in [-0.39, 0.29) is 11.5 Å². The minimum absolute atomic E-state index is 0.0511. The minimum Gasteiger partial charge on any atom is -0.370 e. The van der Waals surface area contributed by atoms with Crippen LogP contribution in [0.5, 0.6) is 0 Å². The van der Waals surface area contributed by atoms with Crippen LogP contribution in [0.3, 0.4) is 0 Å². The molecule has 6 heteroatoms. The van der Waals surface area contributed by atoms with E-state index in [1.807, 2.05) is 0 Å². The summed E-state index contributed by atoms with van der Waals surface area (Å²) in [5, 5.41) is 3.17. The first-order valence-corrected chi connectivity index (χ1v) is 11.2. The van der Waals surface area contributed by atoms with Crippen LogP contribution in [0.15, 0.2) is 12.4 Å². The maximum absolute atomic E-state index is 12.6. The van der Waals surface area contributed by atoms with Crippen molar-refractivity contribution in [2.24, 2.45) is 11.8 Å². The van der Waals surface area contributed by atoms with Crippen molar-refractivity contribution < 1.29 is 9.53 Å². The van der Waals surface area contributed by atoms with Crippen LogP contribution >= 0.6 is 0 Å². The zero-order chi connectivity index (χ0) is 18.7. The van der Waals surface area contributed by atoms with Crippen LogP contribution in [0.2, 0.25) is 0 Å². The van der Waals surface area contributed by atoms with Crippen molar-refractivity contribution in [1.29, 1.82) is 0 Å². The number of likely N-dealkylation sites (tertiary alicyclic amines) is 1. The highest BCUT2D eigenvalue weighted by molar-refractivity contribution is 5.93. The van der Waals surface area contributed by atoms with Crippen molar-refractivity contribution in [2.45, 2.75) is 75.0 Å². The van der Waals surface area contributed by atoms with Gasteiger partial charge in [-0.15, -0.1) is 0 Å². The largest absolute Gasteiger partial charge is 0.370 e. The third kappa shape index (κ3) is 2.79. The fourth-order valence-corrected chi connectivity index (χ4v) is 6.37. The second-order valence-electron chi connectivity index (χ2n) is 9.71. The van der Waals surface area contributed by atoms with E-state index in [1.54, 1.807) is 12.4 Å². The van der Waals surface area contributed by atoms with Crippen LogP contribution in [0, 0.1) is 11.8 Å². The molecule has 4 atom stereocenters. The predicted molar refractivity (Wildman–Crippen MR) is 104 cm³/mol. The molecule has 3 aliphatic heterocycles. The SMILES string of the molecule is O=C(NC[C@H]1[C@H]2CN(C3CCCC3)C[C@]23CC[C@H]1O3)c1cnc(C2CC2)nc1. The third-order valence-corrected chi connectivity index (χ3v) is 8.03. The van der Waals surface area contributed by atoms with Crippen molar-refractivity contribution in [3.05, 3.63) is 23.8 Å². The molecule has 0 unspecified atom stereocenters. The fourth-order valence-electron chi connectivity index (χ4n) is 6.37. The first-order chi connectivity index (χ1) is 13.7. The summed E-state index contributed by atoms with van der Waals surface area (Å²) in [7, 11) is 0. The predicted octanol–water partition coefficient (Wildman–Crippen LogP) is 2.51. The zero-order valence-electron chi connectivity index (χ0n) is 16.5. The van der Waals surface area contributed by atoms with Gasteiger partial charge in [0.25, 0.3) is 5.91 Å². The van der Waals surface area contributed by atoms with Crippen LogP contribution in [0.25, 0.3) is 0 Å². The van der Waals surface area contributed by atoms with Gasteiger partial charge in [0, 0.05) is 55.8 Å². The van der Waals surface area contributed by atoms with Gasteiger partial charge in [-0.05, 0) is 38.5 Å². The molecule has 4 heterocycles. The van der Waals surface area contributed by atoms with Gasteiger partial charge in [-0.1, -0.05) is 12.8 Å². The zero-order valence-corrected chi connectivity index (χ0v) is 16.5. The lowest BCUT2D eigenvalue weighted by Gasteiger charge is -2.29. The van der Waals surface area contributed by atoms with E-state index in [4.69, 9.17) is 4.74 Å². The van der Waals surface area contributed by atoms with Crippen LogP contribution in [-0.4, -0.2) is 58.2 Å². The number of aromatic nitrogens is 2. The van der Waals surface area contributed by atoms with Gasteiger partial charge in [-0.3, -0.25) is 9.69 Å². The Balaban J connectivity index is 1.11. The number of hydrogen-bond acceptors (Lipinski definition) is 5. The first kappa shape index (κ1) is 17.3. The van der Waals surface area contributed by atoms with Gasteiger partial charge >= 0.3 is 0 Å². The molecule has 1 aromatic heterocycles. The topological polar surface area (TPSA) is 67.4 Å². The molecule has 6 rings (SSSR count). The molecular formula is C22H30N4O2. The molecule has 0 radical (unpaired) electrons. The number of nitrogens with one attached hydrogen (secondary N) is 1. The van der Waals surface area contributed by atoms with Gasteiger partial charge in [0.2, 0.25) is 0 Å². The molecule has 5 aliphatic rings. The summed E-state index contributed by atoms with van der Waals surface area (Å²) in [4.78, 5) is 24.1. The van der Waals surface area contributed by atoms with Crippen molar-refractivity contribution >= 4 is 5.91 Å². The average molecular weight is 383 g/mol. The second kappa shape index (κ2) is 6.49. The molecule has 28 heavy (non-hydrogen) atoms. The number of fused-ring (bicyclic) bond motifs is 1. The quantitative estimate of drug-likeness (QED) is 0.848. The summed E-state index contributed by atoms with van der Waals surface area (Å²) < 4.78 is 6.56. The van der Waals surface area contributed by atoms with Gasteiger partial charge in [-0.25, -0.2) is 9.97 Å². The van der Waals surface area contributed by atoms with E-state index in [1.165, 1.54) is 44.9 Å². The van der Waals surface area contributed by atoms with Crippen LogP contribution < -0.4 is 5.32 Å². The lowest BCUT2D eigenvalue weighted by Crippen LogP contribution is -2.42. The number of carbonyl (C=O) groups is 1. The molecule has 1 N–H and O–H groups in total. The fraction of sp³-hybridized carbons (Fsp3) is 0.773. The number of nitrogens with zero attached hydrogens (tertiary/aromatic N) is 3. The van der Waals surface area contributed by atoms with Crippen LogP contribution in [0.1, 0.15) is 73.5 Å². The summed E-state index contributed by atoms with van der Waals surface area (Å²) in [6, 6.07) is 0.764. The summed E-state index contributed by atoms with van der Waals surface area (Å²) in [6.45, 7) is 2.97. The molecule has 2 aliphatic carbocycles. The maximum Gasteiger partial charge on any atom is 0.254 e. The Hall–Kier alpha value is -1.53. The number of carbonyl (C=O) groups excluding carboxylic acids is 1. The maximum atomic E-state index is 12.6. The molecule has 3 saturated heterocycles. The van der Waals surface area contributed by atoms with Crippen molar-refractivity contribution in [3.63, 3.8) is 0 Å². The molecular weight excluding hydrogens is 352 g/mol. The molecule has 5 fully saturated rings. The van der Waals surface area contributed by atoms with Crippen molar-refractivity contribution in [1.82, 2.24) is 20.2 Å². The molecule has 6 nitrogen and oxygen atoms in total. The Bertz CT molecular complexity index is 758. The average Bonchev–Trinajstić information content (AvgIpc) is 3.09. The van der Waals surface area contributed by atoms with E-state index in [0.29, 0.717) is 36.0 Å². The Morgan fingerprint density at radius 2 is 1.96 bits per heavy atom. The molecule has 1 spiro atoms. The highest BCUT2D eigenvalue weighted by Crippen LogP contribution is 2.55. The van der Waals surface area contributed by atoms with E-state index >= 15 is 0 Å². The van der Waals surface area contributed by atoms with Crippen molar-refractivity contribution in [2.75, 3.05) is 19.6 Å². The lowest BCUT2D eigenvalue weighted by molar-refractivity contribution is -0.000874. The van der Waals surface area contributed by atoms with Gasteiger partial charge < -0.3 is 10.1 Å². The van der Waals surface area contributed by atoms with Crippen LogP contribution in [0.4, 0.5) is 0 Å². The molecule has 0 aromatic carbocycles. The third-order valence-electron chi connectivity index (χ3n) is 8.03. The summed E-state index contributed by atoms with van der Waals surface area (Å²) >= 11 is 0. The van der Waals surface area contributed by atoms with Gasteiger partial charge in [0.05, 0.1) is 17.3 Å². The van der Waals surface area contributed by atoms with Crippen LogP contribution in [-0.2, 0) is 4.74 Å². The summed E-state index contributed by atoms with van der Waals surface area (Å²) in [6.07, 6.45) is 13.9. The summed E-state index contributed by atoms with van der Waals surface area (Å²) in [5.74, 6) is 2.36.